The predicted octanol–water partition coefficient (Wildman–Crippen LogP) is 1.97. The average molecular weight is 190 g/mol. The Labute approximate surface area is 85.9 Å². The van der Waals surface area contributed by atoms with Crippen molar-refractivity contribution in [3.05, 3.63) is 29.8 Å². The highest BCUT2D eigenvalue weighted by Crippen LogP contribution is 2.24. The highest BCUT2D eigenvalue weighted by molar-refractivity contribution is 5.53. The molecule has 2 nitrogen and oxygen atoms in total. The lowest BCUT2D eigenvalue weighted by Crippen LogP contribution is -2.35. The number of rotatable bonds is 2. The van der Waals surface area contributed by atoms with Crippen LogP contribution in [0.2, 0.25) is 0 Å². The maximum Gasteiger partial charge on any atom is 0.0391 e. The van der Waals surface area contributed by atoms with E-state index in [0.717, 1.165) is 6.54 Å². The molecule has 0 aromatic heterocycles. The van der Waals surface area contributed by atoms with Gasteiger partial charge >= 0.3 is 0 Å². The second kappa shape index (κ2) is 4.01. The van der Waals surface area contributed by atoms with E-state index < -0.39 is 0 Å². The smallest absolute Gasteiger partial charge is 0.0391 e. The SMILES string of the molecule is CN(C)CC1CCc2ccccc2N1. The van der Waals surface area contributed by atoms with Crippen LogP contribution in [0.1, 0.15) is 12.0 Å². The summed E-state index contributed by atoms with van der Waals surface area (Å²) in [6.45, 7) is 1.12. The summed E-state index contributed by atoms with van der Waals surface area (Å²) in [6.07, 6.45) is 2.46. The van der Waals surface area contributed by atoms with Crippen molar-refractivity contribution >= 4 is 5.69 Å². The zero-order valence-corrected chi connectivity index (χ0v) is 8.96. The summed E-state index contributed by atoms with van der Waals surface area (Å²) >= 11 is 0. The first kappa shape index (κ1) is 9.53. The summed E-state index contributed by atoms with van der Waals surface area (Å²) in [5.41, 5.74) is 2.79. The van der Waals surface area contributed by atoms with Crippen molar-refractivity contribution in [3.63, 3.8) is 0 Å². The molecule has 1 aliphatic heterocycles. The summed E-state index contributed by atoms with van der Waals surface area (Å²) in [6, 6.07) is 9.22. The molecule has 1 heterocycles. The van der Waals surface area contributed by atoms with E-state index in [1.54, 1.807) is 0 Å². The van der Waals surface area contributed by atoms with Crippen molar-refractivity contribution in [1.82, 2.24) is 4.90 Å². The molecule has 0 spiro atoms. The average Bonchev–Trinajstić information content (AvgIpc) is 2.17. The molecule has 2 rings (SSSR count). The van der Waals surface area contributed by atoms with Crippen molar-refractivity contribution in [2.45, 2.75) is 18.9 Å². The molecule has 2 heteroatoms. The molecule has 0 radical (unpaired) electrons. The normalized spacial score (nSPS) is 20.4. The summed E-state index contributed by atoms with van der Waals surface area (Å²) < 4.78 is 0. The molecule has 0 bridgehead atoms. The third-order valence-corrected chi connectivity index (χ3v) is 2.72. The van der Waals surface area contributed by atoms with Crippen LogP contribution >= 0.6 is 0 Å². The molecule has 1 aromatic rings. The molecule has 1 N–H and O–H groups in total. The molecule has 1 aliphatic rings. The second-order valence-electron chi connectivity index (χ2n) is 4.30. The molecule has 1 atom stereocenters. The number of para-hydroxylation sites is 1. The van der Waals surface area contributed by atoms with E-state index in [0.29, 0.717) is 6.04 Å². The van der Waals surface area contributed by atoms with Gasteiger partial charge in [-0.2, -0.15) is 0 Å². The maximum absolute atomic E-state index is 3.59. The molecular formula is C12H18N2. The first-order chi connectivity index (χ1) is 6.75. The summed E-state index contributed by atoms with van der Waals surface area (Å²) in [7, 11) is 4.25. The lowest BCUT2D eigenvalue weighted by atomic mass is 9.98. The molecule has 76 valence electrons. The Morgan fingerprint density at radius 1 is 1.36 bits per heavy atom. The first-order valence-electron chi connectivity index (χ1n) is 5.25. The standard InChI is InChI=1S/C12H18N2/c1-14(2)9-11-8-7-10-5-3-4-6-12(10)13-11/h3-6,11,13H,7-9H2,1-2H3. The van der Waals surface area contributed by atoms with Gasteiger partial charge in [0.2, 0.25) is 0 Å². The van der Waals surface area contributed by atoms with E-state index in [1.165, 1.54) is 24.1 Å². The Morgan fingerprint density at radius 3 is 2.93 bits per heavy atom. The Bertz CT molecular complexity index is 307. The van der Waals surface area contributed by atoms with Crippen LogP contribution in [0.3, 0.4) is 0 Å². The van der Waals surface area contributed by atoms with Crippen LogP contribution in [0.15, 0.2) is 24.3 Å². The van der Waals surface area contributed by atoms with Crippen LogP contribution in [0.4, 0.5) is 5.69 Å². The number of nitrogens with zero attached hydrogens (tertiary/aromatic N) is 1. The Hall–Kier alpha value is -1.02. The predicted molar refractivity (Wildman–Crippen MR) is 60.7 cm³/mol. The summed E-state index contributed by atoms with van der Waals surface area (Å²) in [4.78, 5) is 2.24. The fourth-order valence-corrected chi connectivity index (χ4v) is 2.08. The minimum atomic E-state index is 0.611. The number of likely N-dealkylation sites (N-methyl/N-ethyl adjacent to an activating group) is 1. The summed E-state index contributed by atoms with van der Waals surface area (Å²) in [5, 5.41) is 3.59. The van der Waals surface area contributed by atoms with Crippen LogP contribution in [0.25, 0.3) is 0 Å². The number of anilines is 1. The van der Waals surface area contributed by atoms with Crippen molar-refractivity contribution < 1.29 is 0 Å². The molecular weight excluding hydrogens is 172 g/mol. The van der Waals surface area contributed by atoms with Crippen molar-refractivity contribution in [1.29, 1.82) is 0 Å². The van der Waals surface area contributed by atoms with Gasteiger partial charge in [-0.15, -0.1) is 0 Å². The van der Waals surface area contributed by atoms with E-state index >= 15 is 0 Å². The lowest BCUT2D eigenvalue weighted by Gasteiger charge is -2.29. The fourth-order valence-electron chi connectivity index (χ4n) is 2.08. The minimum Gasteiger partial charge on any atom is -0.381 e. The molecule has 0 saturated heterocycles. The van der Waals surface area contributed by atoms with Crippen molar-refractivity contribution in [3.8, 4) is 0 Å². The second-order valence-corrected chi connectivity index (χ2v) is 4.30. The molecule has 14 heavy (non-hydrogen) atoms. The Kier molecular flexibility index (Phi) is 2.73. The fraction of sp³-hybridized carbons (Fsp3) is 0.500. The number of hydrogen-bond donors (Lipinski definition) is 1. The van der Waals surface area contributed by atoms with Crippen molar-refractivity contribution in [2.75, 3.05) is 26.0 Å². The summed E-state index contributed by atoms with van der Waals surface area (Å²) in [5.74, 6) is 0. The minimum absolute atomic E-state index is 0.611. The van der Waals surface area contributed by atoms with Gasteiger partial charge in [-0.3, -0.25) is 0 Å². The molecule has 1 unspecified atom stereocenters. The Balaban J connectivity index is 2.06. The van der Waals surface area contributed by atoms with Gasteiger partial charge in [0, 0.05) is 18.3 Å². The van der Waals surface area contributed by atoms with Gasteiger partial charge < -0.3 is 10.2 Å². The third-order valence-electron chi connectivity index (χ3n) is 2.72. The van der Waals surface area contributed by atoms with E-state index in [2.05, 4.69) is 48.6 Å². The van der Waals surface area contributed by atoms with Gasteiger partial charge in [0.05, 0.1) is 0 Å². The molecule has 0 saturated carbocycles. The van der Waals surface area contributed by atoms with Gasteiger partial charge in [-0.1, -0.05) is 18.2 Å². The van der Waals surface area contributed by atoms with Crippen LogP contribution in [-0.4, -0.2) is 31.6 Å². The van der Waals surface area contributed by atoms with Gasteiger partial charge in [0.25, 0.3) is 0 Å². The Morgan fingerprint density at radius 2 is 2.14 bits per heavy atom. The lowest BCUT2D eigenvalue weighted by molar-refractivity contribution is 0.371. The number of fused-ring (bicyclic) bond motifs is 1. The topological polar surface area (TPSA) is 15.3 Å². The zero-order chi connectivity index (χ0) is 9.97. The van der Waals surface area contributed by atoms with Gasteiger partial charge in [0.15, 0.2) is 0 Å². The van der Waals surface area contributed by atoms with Crippen LogP contribution in [0.5, 0.6) is 0 Å². The van der Waals surface area contributed by atoms with Crippen LogP contribution in [0, 0.1) is 0 Å². The van der Waals surface area contributed by atoms with Gasteiger partial charge in [0.1, 0.15) is 0 Å². The number of aryl methyl sites for hydroxylation is 1. The van der Waals surface area contributed by atoms with E-state index in [1.807, 2.05) is 0 Å². The number of benzene rings is 1. The first-order valence-corrected chi connectivity index (χ1v) is 5.25. The number of nitrogens with one attached hydrogen (secondary N) is 1. The maximum atomic E-state index is 3.59. The van der Waals surface area contributed by atoms with E-state index in [9.17, 15) is 0 Å². The quantitative estimate of drug-likeness (QED) is 0.767. The largest absolute Gasteiger partial charge is 0.381 e. The van der Waals surface area contributed by atoms with Crippen LogP contribution < -0.4 is 5.32 Å². The molecule has 0 fully saturated rings. The highest BCUT2D eigenvalue weighted by Gasteiger charge is 2.16. The van der Waals surface area contributed by atoms with Gasteiger partial charge in [-0.25, -0.2) is 0 Å². The molecule has 0 aliphatic carbocycles. The van der Waals surface area contributed by atoms with Crippen molar-refractivity contribution in [2.24, 2.45) is 0 Å². The molecule has 1 aromatic carbocycles. The highest BCUT2D eigenvalue weighted by atomic mass is 15.1. The third kappa shape index (κ3) is 2.07. The van der Waals surface area contributed by atoms with E-state index in [-0.39, 0.29) is 0 Å². The monoisotopic (exact) mass is 190 g/mol. The van der Waals surface area contributed by atoms with Gasteiger partial charge in [-0.05, 0) is 38.6 Å². The number of hydrogen-bond acceptors (Lipinski definition) is 2. The van der Waals surface area contributed by atoms with Crippen LogP contribution in [-0.2, 0) is 6.42 Å². The zero-order valence-electron chi connectivity index (χ0n) is 8.96. The molecule has 0 amide bonds. The van der Waals surface area contributed by atoms with E-state index in [4.69, 9.17) is 0 Å².